The van der Waals surface area contributed by atoms with E-state index >= 15 is 0 Å². The second kappa shape index (κ2) is 2.71. The van der Waals surface area contributed by atoms with Crippen LogP contribution in [0, 0.1) is 11.3 Å². The van der Waals surface area contributed by atoms with E-state index in [0.29, 0.717) is 0 Å². The Hall–Kier alpha value is 0.250. The molecule has 1 unspecified atom stereocenters. The van der Waals surface area contributed by atoms with Crippen LogP contribution in [0.3, 0.4) is 0 Å². The molecule has 0 bridgehead atoms. The van der Waals surface area contributed by atoms with Crippen LogP contribution in [0.1, 0.15) is 32.1 Å². The van der Waals surface area contributed by atoms with Gasteiger partial charge in [-0.3, -0.25) is 0 Å². The first-order chi connectivity index (χ1) is 4.37. The molecule has 2 rings (SSSR count). The second-order valence-corrected chi connectivity index (χ2v) is 3.69. The van der Waals surface area contributed by atoms with Crippen molar-refractivity contribution >= 4 is 12.4 Å². The van der Waals surface area contributed by atoms with Crippen LogP contribution in [0.25, 0.3) is 0 Å². The molecule has 60 valence electrons. The molecule has 0 aromatic rings. The van der Waals surface area contributed by atoms with Crippen molar-refractivity contribution in [1.82, 2.24) is 0 Å². The average molecular weight is 162 g/mol. The lowest BCUT2D eigenvalue weighted by Crippen LogP contribution is -2.18. The van der Waals surface area contributed by atoms with Crippen LogP contribution >= 0.6 is 12.4 Å². The van der Waals surface area contributed by atoms with E-state index in [1.54, 1.807) is 0 Å². The Bertz CT molecular complexity index is 120. The lowest BCUT2D eigenvalue weighted by atomic mass is 9.93. The molecule has 0 radical (unpaired) electrons. The van der Waals surface area contributed by atoms with Crippen LogP contribution in [0.15, 0.2) is 0 Å². The van der Waals surface area contributed by atoms with Crippen LogP contribution in [-0.4, -0.2) is 6.54 Å². The largest absolute Gasteiger partial charge is 0.330 e. The molecule has 2 N–H and O–H groups in total. The monoisotopic (exact) mass is 161 g/mol. The molecule has 0 amide bonds. The van der Waals surface area contributed by atoms with Crippen molar-refractivity contribution in [3.8, 4) is 0 Å². The third-order valence-electron chi connectivity index (χ3n) is 3.27. The SMILES string of the molecule is Cl.NCC1CCCC12CC2. The molecule has 1 atom stereocenters. The van der Waals surface area contributed by atoms with E-state index < -0.39 is 0 Å². The third kappa shape index (κ3) is 1.06. The van der Waals surface area contributed by atoms with Crippen LogP contribution in [0.5, 0.6) is 0 Å². The van der Waals surface area contributed by atoms with E-state index in [1.807, 2.05) is 0 Å². The van der Waals surface area contributed by atoms with Crippen molar-refractivity contribution in [3.63, 3.8) is 0 Å². The average Bonchev–Trinajstić information content (AvgIpc) is 2.45. The number of hydrogen-bond acceptors (Lipinski definition) is 1. The minimum absolute atomic E-state index is 0. The van der Waals surface area contributed by atoms with E-state index in [0.717, 1.165) is 17.9 Å². The fourth-order valence-electron chi connectivity index (χ4n) is 2.40. The van der Waals surface area contributed by atoms with Gasteiger partial charge in [-0.25, -0.2) is 0 Å². The first-order valence-corrected chi connectivity index (χ1v) is 4.07. The van der Waals surface area contributed by atoms with Gasteiger partial charge in [-0.05, 0) is 43.6 Å². The smallest absolute Gasteiger partial charge is 0.00436 e. The van der Waals surface area contributed by atoms with Gasteiger partial charge in [0.25, 0.3) is 0 Å². The maximum atomic E-state index is 5.65. The van der Waals surface area contributed by atoms with E-state index in [-0.39, 0.29) is 12.4 Å². The number of halogens is 1. The minimum Gasteiger partial charge on any atom is -0.330 e. The van der Waals surface area contributed by atoms with Gasteiger partial charge in [-0.2, -0.15) is 0 Å². The summed E-state index contributed by atoms with van der Waals surface area (Å²) in [4.78, 5) is 0. The predicted octanol–water partition coefficient (Wildman–Crippen LogP) is 1.95. The molecule has 0 aliphatic heterocycles. The van der Waals surface area contributed by atoms with E-state index in [2.05, 4.69) is 0 Å². The number of rotatable bonds is 1. The molecule has 0 aromatic heterocycles. The topological polar surface area (TPSA) is 26.0 Å². The molecule has 10 heavy (non-hydrogen) atoms. The maximum absolute atomic E-state index is 5.65. The van der Waals surface area contributed by atoms with Gasteiger partial charge in [0, 0.05) is 0 Å². The van der Waals surface area contributed by atoms with Crippen molar-refractivity contribution in [2.24, 2.45) is 17.1 Å². The Morgan fingerprint density at radius 3 is 2.40 bits per heavy atom. The van der Waals surface area contributed by atoms with Crippen molar-refractivity contribution in [2.45, 2.75) is 32.1 Å². The van der Waals surface area contributed by atoms with Gasteiger partial charge in [0.15, 0.2) is 0 Å². The van der Waals surface area contributed by atoms with Gasteiger partial charge in [-0.15, -0.1) is 12.4 Å². The molecular weight excluding hydrogens is 146 g/mol. The molecule has 0 saturated heterocycles. The quantitative estimate of drug-likeness (QED) is 0.625. The maximum Gasteiger partial charge on any atom is -0.00436 e. The van der Waals surface area contributed by atoms with Gasteiger partial charge in [-0.1, -0.05) is 6.42 Å². The van der Waals surface area contributed by atoms with E-state index in [4.69, 9.17) is 5.73 Å². The van der Waals surface area contributed by atoms with Crippen molar-refractivity contribution in [2.75, 3.05) is 6.54 Å². The summed E-state index contributed by atoms with van der Waals surface area (Å²) in [7, 11) is 0. The summed E-state index contributed by atoms with van der Waals surface area (Å²) in [5.74, 6) is 0.900. The molecule has 1 nitrogen and oxygen atoms in total. The number of hydrogen-bond donors (Lipinski definition) is 1. The normalized spacial score (nSPS) is 33.9. The zero-order valence-corrected chi connectivity index (χ0v) is 7.12. The lowest BCUT2D eigenvalue weighted by molar-refractivity contribution is 0.374. The zero-order valence-electron chi connectivity index (χ0n) is 6.31. The summed E-state index contributed by atoms with van der Waals surface area (Å²) in [6.07, 6.45) is 7.30. The summed E-state index contributed by atoms with van der Waals surface area (Å²) >= 11 is 0. The van der Waals surface area contributed by atoms with Gasteiger partial charge < -0.3 is 5.73 Å². The summed E-state index contributed by atoms with van der Waals surface area (Å²) in [6, 6.07) is 0. The van der Waals surface area contributed by atoms with Crippen molar-refractivity contribution < 1.29 is 0 Å². The van der Waals surface area contributed by atoms with Crippen LogP contribution in [-0.2, 0) is 0 Å². The highest BCUT2D eigenvalue weighted by atomic mass is 35.5. The van der Waals surface area contributed by atoms with Gasteiger partial charge >= 0.3 is 0 Å². The summed E-state index contributed by atoms with van der Waals surface area (Å²) in [5.41, 5.74) is 6.44. The highest BCUT2D eigenvalue weighted by Crippen LogP contribution is 2.60. The summed E-state index contributed by atoms with van der Waals surface area (Å²) < 4.78 is 0. The molecule has 0 heterocycles. The standard InChI is InChI=1S/C8H15N.ClH/c9-6-7-2-1-3-8(7)4-5-8;/h7H,1-6,9H2;1H. The first kappa shape index (κ1) is 8.35. The van der Waals surface area contributed by atoms with Crippen LogP contribution in [0.2, 0.25) is 0 Å². The molecule has 2 aliphatic carbocycles. The molecule has 2 saturated carbocycles. The predicted molar refractivity (Wildman–Crippen MR) is 45.3 cm³/mol. The highest BCUT2D eigenvalue weighted by molar-refractivity contribution is 5.85. The van der Waals surface area contributed by atoms with E-state index in [1.165, 1.54) is 32.1 Å². The zero-order chi connectivity index (χ0) is 6.32. The van der Waals surface area contributed by atoms with Crippen LogP contribution in [0.4, 0.5) is 0 Å². The minimum atomic E-state index is 0. The third-order valence-corrected chi connectivity index (χ3v) is 3.27. The molecule has 2 heteroatoms. The molecule has 2 aliphatic rings. The second-order valence-electron chi connectivity index (χ2n) is 3.69. The Labute approximate surface area is 68.8 Å². The molecule has 2 fully saturated rings. The van der Waals surface area contributed by atoms with E-state index in [9.17, 15) is 0 Å². The van der Waals surface area contributed by atoms with Gasteiger partial charge in [0.1, 0.15) is 0 Å². The van der Waals surface area contributed by atoms with Crippen LogP contribution < -0.4 is 5.73 Å². The van der Waals surface area contributed by atoms with Gasteiger partial charge in [0.2, 0.25) is 0 Å². The van der Waals surface area contributed by atoms with Crippen molar-refractivity contribution in [1.29, 1.82) is 0 Å². The molecule has 1 spiro atoms. The fourth-order valence-corrected chi connectivity index (χ4v) is 2.40. The summed E-state index contributed by atoms with van der Waals surface area (Å²) in [5, 5.41) is 0. The Morgan fingerprint density at radius 1 is 1.30 bits per heavy atom. The molecule has 0 aromatic carbocycles. The highest BCUT2D eigenvalue weighted by Gasteiger charge is 2.50. The van der Waals surface area contributed by atoms with Gasteiger partial charge in [0.05, 0.1) is 0 Å². The molecular formula is C8H16ClN. The Morgan fingerprint density at radius 2 is 2.00 bits per heavy atom. The summed E-state index contributed by atoms with van der Waals surface area (Å²) in [6.45, 7) is 0.944. The number of nitrogens with two attached hydrogens (primary N) is 1. The lowest BCUT2D eigenvalue weighted by Gasteiger charge is -2.14. The Kier molecular flexibility index (Phi) is 2.26. The van der Waals surface area contributed by atoms with Crippen molar-refractivity contribution in [3.05, 3.63) is 0 Å². The first-order valence-electron chi connectivity index (χ1n) is 4.07. The fraction of sp³-hybridized carbons (Fsp3) is 1.00. The Balaban J connectivity index is 0.000000500.